The van der Waals surface area contributed by atoms with Gasteiger partial charge in [-0.3, -0.25) is 4.79 Å². The lowest BCUT2D eigenvalue weighted by Gasteiger charge is -2.42. The number of methoxy groups -OCH3 is 1. The summed E-state index contributed by atoms with van der Waals surface area (Å²) in [6, 6.07) is 5.83. The Morgan fingerprint density at radius 3 is 2.28 bits per heavy atom. The number of hydrogen-bond donors (Lipinski definition) is 8. The molecule has 43 heavy (non-hydrogen) atoms. The van der Waals surface area contributed by atoms with E-state index in [4.69, 9.17) is 28.4 Å². The quantitative estimate of drug-likeness (QED) is 0.0865. The molecule has 0 unspecified atom stereocenters. The average Bonchev–Trinajstić information content (AvgIpc) is 3.27. The molecule has 0 bridgehead atoms. The first-order valence-corrected chi connectivity index (χ1v) is 12.9. The van der Waals surface area contributed by atoms with Gasteiger partial charge in [0, 0.05) is 6.07 Å². The molecule has 2 aliphatic rings. The summed E-state index contributed by atoms with van der Waals surface area (Å²) in [5.41, 5.74) is -2.38. The third-order valence-corrected chi connectivity index (χ3v) is 7.00. The molecule has 0 aromatic heterocycles. The molecule has 2 aliphatic heterocycles. The van der Waals surface area contributed by atoms with Crippen LogP contribution in [0.5, 0.6) is 28.7 Å². The van der Waals surface area contributed by atoms with Gasteiger partial charge in [-0.15, -0.1) is 0 Å². The second-order valence-corrected chi connectivity index (χ2v) is 10.0. The molecule has 236 valence electrons. The molecule has 2 saturated heterocycles. The highest BCUT2D eigenvalue weighted by atomic mass is 16.7. The van der Waals surface area contributed by atoms with Crippen LogP contribution in [0.1, 0.15) is 27.6 Å². The summed E-state index contributed by atoms with van der Waals surface area (Å²) < 4.78 is 32.8. The van der Waals surface area contributed by atoms with Crippen molar-refractivity contribution in [3.63, 3.8) is 0 Å². The van der Waals surface area contributed by atoms with Gasteiger partial charge in [-0.2, -0.15) is 0 Å². The number of carbonyl (C=O) groups is 2. The maximum Gasteiger partial charge on any atom is 0.338 e. The molecule has 2 aromatic rings. The Kier molecular flexibility index (Phi) is 9.63. The first-order valence-electron chi connectivity index (χ1n) is 12.9. The molecule has 2 aromatic carbocycles. The molecule has 0 spiro atoms. The summed E-state index contributed by atoms with van der Waals surface area (Å²) in [7, 11) is 1.37. The number of aromatic hydroxyl groups is 3. The van der Waals surface area contributed by atoms with Crippen LogP contribution in [0, 0.1) is 0 Å². The van der Waals surface area contributed by atoms with E-state index in [1.165, 1.54) is 32.2 Å². The Morgan fingerprint density at radius 2 is 1.70 bits per heavy atom. The van der Waals surface area contributed by atoms with Gasteiger partial charge in [-0.25, -0.2) is 4.79 Å². The number of aliphatic hydroxyl groups is 5. The van der Waals surface area contributed by atoms with Crippen LogP contribution >= 0.6 is 0 Å². The van der Waals surface area contributed by atoms with E-state index in [0.29, 0.717) is 5.75 Å². The standard InChI is InChI=1S/C27H32O16/c1-11(29)14-4-3-13(38-2)7-17(14)41-25-21(34)20(33)22(43-24(36)12-5-15(30)19(32)16(31)6-12)18(42-25)8-39-26-23(35)27(37,9-28)10-40-26/h3-7,18,20-23,25-26,28,30-35,37H,8-10H2,1-2H3/t18-,20-,21-,22-,23+,25-,26+,27-/m1/s1. The molecule has 2 fully saturated rings. The number of rotatable bonds is 10. The predicted octanol–water partition coefficient (Wildman–Crippen LogP) is -1.48. The van der Waals surface area contributed by atoms with Gasteiger partial charge in [-0.1, -0.05) is 0 Å². The molecular weight excluding hydrogens is 580 g/mol. The Labute approximate surface area is 243 Å². The van der Waals surface area contributed by atoms with Gasteiger partial charge in [0.05, 0.1) is 38.1 Å². The molecule has 8 atom stereocenters. The van der Waals surface area contributed by atoms with Crippen molar-refractivity contribution in [2.45, 2.75) is 55.6 Å². The normalized spacial score (nSPS) is 30.5. The number of hydrogen-bond acceptors (Lipinski definition) is 16. The highest BCUT2D eigenvalue weighted by molar-refractivity contribution is 5.97. The first-order chi connectivity index (χ1) is 20.3. The summed E-state index contributed by atoms with van der Waals surface area (Å²) in [5.74, 6) is -3.99. The zero-order valence-electron chi connectivity index (χ0n) is 22.9. The Hall–Kier alpha value is -3.74. The minimum Gasteiger partial charge on any atom is -0.504 e. The largest absolute Gasteiger partial charge is 0.504 e. The molecule has 8 N–H and O–H groups in total. The summed E-state index contributed by atoms with van der Waals surface area (Å²) >= 11 is 0. The number of aliphatic hydroxyl groups excluding tert-OH is 4. The van der Waals surface area contributed by atoms with Crippen LogP contribution in [0.2, 0.25) is 0 Å². The van der Waals surface area contributed by atoms with Gasteiger partial charge in [0.15, 0.2) is 35.4 Å². The third-order valence-electron chi connectivity index (χ3n) is 7.00. The van der Waals surface area contributed by atoms with Crippen molar-refractivity contribution in [2.24, 2.45) is 0 Å². The second-order valence-electron chi connectivity index (χ2n) is 10.0. The fraction of sp³-hybridized carbons (Fsp3) is 0.481. The summed E-state index contributed by atoms with van der Waals surface area (Å²) in [6.45, 7) is -0.675. The van der Waals surface area contributed by atoms with Crippen molar-refractivity contribution >= 4 is 11.8 Å². The summed E-state index contributed by atoms with van der Waals surface area (Å²) in [5, 5.41) is 81.0. The molecular formula is C27H32O16. The van der Waals surface area contributed by atoms with Gasteiger partial charge in [-0.05, 0) is 31.2 Å². The van der Waals surface area contributed by atoms with Crippen molar-refractivity contribution in [3.05, 3.63) is 41.5 Å². The van der Waals surface area contributed by atoms with E-state index in [0.717, 1.165) is 12.1 Å². The van der Waals surface area contributed by atoms with Crippen LogP contribution in [0.15, 0.2) is 30.3 Å². The second kappa shape index (κ2) is 12.9. The van der Waals surface area contributed by atoms with Gasteiger partial charge in [0.1, 0.15) is 41.5 Å². The number of esters is 1. The molecule has 4 rings (SSSR count). The molecule has 0 amide bonds. The van der Waals surface area contributed by atoms with Gasteiger partial charge in [0.2, 0.25) is 6.29 Å². The Morgan fingerprint density at radius 1 is 1.02 bits per heavy atom. The number of ether oxygens (including phenoxy) is 6. The number of Topliss-reactive ketones (excluding diaryl/α,β-unsaturated/α-hetero) is 1. The number of carbonyl (C=O) groups excluding carboxylic acids is 2. The van der Waals surface area contributed by atoms with Crippen LogP contribution in [0.3, 0.4) is 0 Å². The van der Waals surface area contributed by atoms with Crippen LogP contribution in [0.4, 0.5) is 0 Å². The van der Waals surface area contributed by atoms with Gasteiger partial charge < -0.3 is 69.3 Å². The van der Waals surface area contributed by atoms with E-state index >= 15 is 0 Å². The number of phenolic OH excluding ortho intramolecular Hbond substituents is 3. The van der Waals surface area contributed by atoms with E-state index in [1.807, 2.05) is 0 Å². The highest BCUT2D eigenvalue weighted by Gasteiger charge is 2.51. The SMILES string of the molecule is COc1ccc(C(C)=O)c(O[C@@H]2O[C@H](CO[C@H]3OC[C@](O)(CO)[C@H]3O)[C@@H](OC(=O)c3cc(O)c(O)c(O)c3)[C@H](O)[C@H]2O)c1. The zero-order chi connectivity index (χ0) is 31.6. The fourth-order valence-corrected chi connectivity index (χ4v) is 4.46. The van der Waals surface area contributed by atoms with Gasteiger partial charge >= 0.3 is 5.97 Å². The van der Waals surface area contributed by atoms with Crippen molar-refractivity contribution in [3.8, 4) is 28.7 Å². The van der Waals surface area contributed by atoms with E-state index < -0.39 is 103 Å². The maximum absolute atomic E-state index is 12.9. The van der Waals surface area contributed by atoms with E-state index in [2.05, 4.69) is 0 Å². The number of benzene rings is 2. The van der Waals surface area contributed by atoms with Gasteiger partial charge in [0.25, 0.3) is 0 Å². The molecule has 0 saturated carbocycles. The van der Waals surface area contributed by atoms with Crippen molar-refractivity contribution in [2.75, 3.05) is 26.9 Å². The number of phenols is 3. The van der Waals surface area contributed by atoms with Crippen molar-refractivity contribution in [1.29, 1.82) is 0 Å². The van der Waals surface area contributed by atoms with Crippen LogP contribution in [-0.2, 0) is 18.9 Å². The number of ketones is 1. The summed E-state index contributed by atoms with van der Waals surface area (Å²) in [6.07, 6.45) is -11.9. The van der Waals surface area contributed by atoms with Crippen molar-refractivity contribution in [1.82, 2.24) is 0 Å². The molecule has 0 aliphatic carbocycles. The smallest absolute Gasteiger partial charge is 0.338 e. The Balaban J connectivity index is 1.60. The topological polar surface area (TPSA) is 251 Å². The molecule has 2 heterocycles. The molecule has 0 radical (unpaired) electrons. The zero-order valence-corrected chi connectivity index (χ0v) is 22.9. The third kappa shape index (κ3) is 6.61. The van der Waals surface area contributed by atoms with E-state index in [1.54, 1.807) is 0 Å². The minimum absolute atomic E-state index is 0.0733. The van der Waals surface area contributed by atoms with Crippen LogP contribution < -0.4 is 9.47 Å². The fourth-order valence-electron chi connectivity index (χ4n) is 4.46. The average molecular weight is 613 g/mol. The lowest BCUT2D eigenvalue weighted by atomic mass is 9.98. The maximum atomic E-state index is 12.9. The summed E-state index contributed by atoms with van der Waals surface area (Å²) in [4.78, 5) is 25.1. The highest BCUT2D eigenvalue weighted by Crippen LogP contribution is 2.37. The Bertz CT molecular complexity index is 1310. The minimum atomic E-state index is -2.02. The first kappa shape index (κ1) is 32.2. The van der Waals surface area contributed by atoms with E-state index in [-0.39, 0.29) is 11.3 Å². The van der Waals surface area contributed by atoms with E-state index in [9.17, 15) is 50.4 Å². The van der Waals surface area contributed by atoms with Crippen LogP contribution in [0.25, 0.3) is 0 Å². The predicted molar refractivity (Wildman–Crippen MR) is 139 cm³/mol. The monoisotopic (exact) mass is 612 g/mol. The lowest BCUT2D eigenvalue weighted by molar-refractivity contribution is -0.288. The lowest BCUT2D eigenvalue weighted by Crippen LogP contribution is -2.61. The van der Waals surface area contributed by atoms with Crippen LogP contribution in [-0.4, -0.2) is 128 Å². The molecule has 16 heteroatoms. The van der Waals surface area contributed by atoms with Crippen molar-refractivity contribution < 1.29 is 78.9 Å². The molecule has 16 nitrogen and oxygen atoms in total.